The van der Waals surface area contributed by atoms with Crippen molar-refractivity contribution in [2.24, 2.45) is 0 Å². The number of carbonyl (C=O) groups is 2. The topological polar surface area (TPSA) is 86.8 Å². The van der Waals surface area contributed by atoms with Crippen LogP contribution in [0.4, 0.5) is 5.69 Å². The zero-order chi connectivity index (χ0) is 31.7. The summed E-state index contributed by atoms with van der Waals surface area (Å²) in [7, 11) is -4.13. The Morgan fingerprint density at radius 1 is 0.818 bits per heavy atom. The molecule has 7 nitrogen and oxygen atoms in total. The van der Waals surface area contributed by atoms with Crippen molar-refractivity contribution in [3.05, 3.63) is 130 Å². The number of carbonyl (C=O) groups excluding carboxylic acids is 2. The lowest BCUT2D eigenvalue weighted by molar-refractivity contribution is -0.140. The Morgan fingerprint density at radius 3 is 2.02 bits per heavy atom. The van der Waals surface area contributed by atoms with E-state index in [2.05, 4.69) is 35.1 Å². The van der Waals surface area contributed by atoms with Gasteiger partial charge in [-0.05, 0) is 65.9 Å². The van der Waals surface area contributed by atoms with E-state index in [1.807, 2.05) is 73.7 Å². The largest absolute Gasteiger partial charge is 0.355 e. The van der Waals surface area contributed by atoms with E-state index >= 15 is 0 Å². The first kappa shape index (κ1) is 33.0. The number of nitrogens with zero attached hydrogens (tertiary/aromatic N) is 2. The van der Waals surface area contributed by atoms with Crippen molar-refractivity contribution in [2.45, 2.75) is 50.6 Å². The first-order valence-electron chi connectivity index (χ1n) is 14.6. The fourth-order valence-electron chi connectivity index (χ4n) is 4.95. The Labute approximate surface area is 269 Å². The van der Waals surface area contributed by atoms with Crippen molar-refractivity contribution in [1.82, 2.24) is 10.2 Å². The zero-order valence-electron chi connectivity index (χ0n) is 25.2. The zero-order valence-corrected chi connectivity index (χ0v) is 27.6. The van der Waals surface area contributed by atoms with Gasteiger partial charge in [-0.2, -0.15) is 0 Å². The summed E-state index contributed by atoms with van der Waals surface area (Å²) in [6, 6.07) is 31.4. The molecule has 0 radical (unpaired) electrons. The molecule has 0 fully saturated rings. The van der Waals surface area contributed by atoms with Crippen LogP contribution in [-0.2, 0) is 32.6 Å². The third-order valence-electron chi connectivity index (χ3n) is 7.32. The molecule has 0 aliphatic carbocycles. The van der Waals surface area contributed by atoms with Crippen LogP contribution in [0.1, 0.15) is 43.4 Å². The number of benzene rings is 4. The van der Waals surface area contributed by atoms with Crippen molar-refractivity contribution in [3.8, 4) is 0 Å². The Morgan fingerprint density at radius 2 is 1.43 bits per heavy atom. The van der Waals surface area contributed by atoms with E-state index in [0.29, 0.717) is 12.2 Å². The second-order valence-electron chi connectivity index (χ2n) is 10.8. The lowest BCUT2D eigenvalue weighted by atomic mass is 10.0. The predicted molar refractivity (Wildman–Crippen MR) is 179 cm³/mol. The van der Waals surface area contributed by atoms with Crippen LogP contribution in [0.2, 0.25) is 0 Å². The average Bonchev–Trinajstić information content (AvgIpc) is 3.02. The molecule has 4 aromatic carbocycles. The van der Waals surface area contributed by atoms with Gasteiger partial charge in [0.15, 0.2) is 0 Å². The van der Waals surface area contributed by atoms with Crippen LogP contribution >= 0.6 is 15.9 Å². The van der Waals surface area contributed by atoms with E-state index in [1.54, 1.807) is 30.3 Å². The molecule has 0 aliphatic rings. The maximum Gasteiger partial charge on any atom is 0.264 e. The van der Waals surface area contributed by atoms with Gasteiger partial charge in [-0.1, -0.05) is 103 Å². The molecular formula is C35H38BrN3O4S. The van der Waals surface area contributed by atoms with Crippen LogP contribution < -0.4 is 9.62 Å². The summed E-state index contributed by atoms with van der Waals surface area (Å²) in [5, 5.41) is 2.88. The monoisotopic (exact) mass is 675 g/mol. The molecule has 1 atom stereocenters. The Hall–Kier alpha value is -3.95. The van der Waals surface area contributed by atoms with Gasteiger partial charge in [-0.25, -0.2) is 8.42 Å². The average molecular weight is 677 g/mol. The first-order chi connectivity index (χ1) is 21.1. The number of rotatable bonds is 13. The highest BCUT2D eigenvalue weighted by molar-refractivity contribution is 9.10. The molecule has 1 N–H and O–H groups in total. The second-order valence-corrected chi connectivity index (χ2v) is 13.6. The summed E-state index contributed by atoms with van der Waals surface area (Å²) >= 11 is 3.50. The van der Waals surface area contributed by atoms with E-state index in [0.717, 1.165) is 25.5 Å². The van der Waals surface area contributed by atoms with Gasteiger partial charge in [-0.15, -0.1) is 0 Å². The van der Waals surface area contributed by atoms with Crippen LogP contribution in [0, 0.1) is 0 Å². The lowest BCUT2D eigenvalue weighted by Gasteiger charge is -2.34. The molecule has 9 heteroatoms. The van der Waals surface area contributed by atoms with Crippen molar-refractivity contribution in [3.63, 3.8) is 0 Å². The summed E-state index contributed by atoms with van der Waals surface area (Å²) in [5.74, 6) is -0.551. The standard InChI is InChI=1S/C35H38BrN3O4S/c1-4-37-35(41)33(23-27-12-7-5-8-13-27)38(24-28-14-11-15-30(36)22-28)34(40)25-39(31-20-18-29(19-21-31)26(2)3)44(42,43)32-16-9-6-10-17-32/h5-22,26,33H,4,23-25H2,1-3H3,(H,37,41)/t33-/m0/s1. The predicted octanol–water partition coefficient (Wildman–Crippen LogP) is 6.54. The van der Waals surface area contributed by atoms with Gasteiger partial charge in [0.2, 0.25) is 11.8 Å². The number of hydrogen-bond acceptors (Lipinski definition) is 4. The van der Waals surface area contributed by atoms with Crippen LogP contribution in [0.3, 0.4) is 0 Å². The van der Waals surface area contributed by atoms with Crippen LogP contribution in [0.25, 0.3) is 0 Å². The number of hydrogen-bond donors (Lipinski definition) is 1. The highest BCUT2D eigenvalue weighted by atomic mass is 79.9. The molecule has 0 bridgehead atoms. The summed E-state index contributed by atoms with van der Waals surface area (Å²) in [5.41, 5.74) is 3.10. The van der Waals surface area contributed by atoms with Gasteiger partial charge in [0, 0.05) is 24.0 Å². The van der Waals surface area contributed by atoms with E-state index in [4.69, 9.17) is 0 Å². The van der Waals surface area contributed by atoms with Crippen molar-refractivity contribution >= 4 is 43.5 Å². The summed E-state index contributed by atoms with van der Waals surface area (Å²) in [6.45, 7) is 5.96. The van der Waals surface area contributed by atoms with Crippen LogP contribution in [0.5, 0.6) is 0 Å². The van der Waals surface area contributed by atoms with Crippen molar-refractivity contribution < 1.29 is 18.0 Å². The number of nitrogens with one attached hydrogen (secondary N) is 1. The Balaban J connectivity index is 1.79. The Kier molecular flexibility index (Phi) is 11.4. The van der Waals surface area contributed by atoms with Crippen molar-refractivity contribution in [2.75, 3.05) is 17.4 Å². The van der Waals surface area contributed by atoms with Gasteiger partial charge in [-0.3, -0.25) is 13.9 Å². The SMILES string of the molecule is CCNC(=O)[C@H](Cc1ccccc1)N(Cc1cccc(Br)c1)C(=O)CN(c1ccc(C(C)C)cc1)S(=O)(=O)c1ccccc1. The normalized spacial score (nSPS) is 12.0. The third-order valence-corrected chi connectivity index (χ3v) is 9.60. The summed E-state index contributed by atoms with van der Waals surface area (Å²) < 4.78 is 30.1. The Bertz CT molecular complexity index is 1650. The van der Waals surface area contributed by atoms with Gasteiger partial charge >= 0.3 is 0 Å². The van der Waals surface area contributed by atoms with Gasteiger partial charge in [0.1, 0.15) is 12.6 Å². The van der Waals surface area contributed by atoms with Gasteiger partial charge in [0.25, 0.3) is 10.0 Å². The number of likely N-dealkylation sites (N-methyl/N-ethyl adjacent to an activating group) is 1. The van der Waals surface area contributed by atoms with E-state index in [-0.39, 0.29) is 29.7 Å². The molecule has 0 aromatic heterocycles. The van der Waals surface area contributed by atoms with E-state index < -0.39 is 28.5 Å². The second kappa shape index (κ2) is 15.2. The molecular weight excluding hydrogens is 638 g/mol. The lowest BCUT2D eigenvalue weighted by Crippen LogP contribution is -2.53. The summed E-state index contributed by atoms with van der Waals surface area (Å²) in [4.78, 5) is 29.6. The van der Waals surface area contributed by atoms with Gasteiger partial charge in [0.05, 0.1) is 10.6 Å². The number of sulfonamides is 1. The van der Waals surface area contributed by atoms with Crippen LogP contribution in [0.15, 0.2) is 119 Å². The minimum Gasteiger partial charge on any atom is -0.355 e. The first-order valence-corrected chi connectivity index (χ1v) is 16.9. The smallest absolute Gasteiger partial charge is 0.264 e. The molecule has 0 heterocycles. The number of amides is 2. The van der Waals surface area contributed by atoms with Gasteiger partial charge < -0.3 is 10.2 Å². The highest BCUT2D eigenvalue weighted by Crippen LogP contribution is 2.27. The minimum atomic E-state index is -4.13. The third kappa shape index (κ3) is 8.36. The molecule has 4 rings (SSSR count). The van der Waals surface area contributed by atoms with E-state index in [9.17, 15) is 18.0 Å². The molecule has 0 aliphatic heterocycles. The minimum absolute atomic E-state index is 0.0730. The molecule has 230 valence electrons. The van der Waals surface area contributed by atoms with E-state index in [1.165, 1.54) is 17.0 Å². The summed E-state index contributed by atoms with van der Waals surface area (Å²) in [6.07, 6.45) is 0.265. The quantitative estimate of drug-likeness (QED) is 0.174. The molecule has 0 saturated carbocycles. The fraction of sp³-hybridized carbons (Fsp3) is 0.257. The van der Waals surface area contributed by atoms with Crippen molar-refractivity contribution in [1.29, 1.82) is 0 Å². The fourth-order valence-corrected chi connectivity index (χ4v) is 6.83. The highest BCUT2D eigenvalue weighted by Gasteiger charge is 2.34. The molecule has 44 heavy (non-hydrogen) atoms. The molecule has 0 spiro atoms. The molecule has 0 saturated heterocycles. The molecule has 4 aromatic rings. The number of anilines is 1. The molecule has 0 unspecified atom stereocenters. The van der Waals surface area contributed by atoms with Crippen LogP contribution in [-0.4, -0.2) is 44.3 Å². The maximum absolute atomic E-state index is 14.4. The molecule has 2 amide bonds. The number of halogens is 1. The maximum atomic E-state index is 14.4.